The predicted octanol–water partition coefficient (Wildman–Crippen LogP) is 4.10. The Morgan fingerprint density at radius 3 is 2.35 bits per heavy atom. The SMILES string of the molecule is COc1ccc(NC(=O)c2nc(-c3ccccc3)n(-c3ccccc3)n2)c([N+](=O)[O-])c1. The van der Waals surface area contributed by atoms with E-state index >= 15 is 0 Å². The molecule has 0 radical (unpaired) electrons. The summed E-state index contributed by atoms with van der Waals surface area (Å²) >= 11 is 0. The van der Waals surface area contributed by atoms with Crippen molar-refractivity contribution in [2.75, 3.05) is 12.4 Å². The summed E-state index contributed by atoms with van der Waals surface area (Å²) in [6.45, 7) is 0. The zero-order valence-corrected chi connectivity index (χ0v) is 16.4. The van der Waals surface area contributed by atoms with E-state index in [1.54, 1.807) is 4.68 Å². The van der Waals surface area contributed by atoms with Crippen LogP contribution in [0.2, 0.25) is 0 Å². The van der Waals surface area contributed by atoms with E-state index in [4.69, 9.17) is 4.74 Å². The number of amides is 1. The lowest BCUT2D eigenvalue weighted by Crippen LogP contribution is -2.15. The second-order valence-corrected chi connectivity index (χ2v) is 6.47. The molecule has 31 heavy (non-hydrogen) atoms. The molecule has 1 N–H and O–H groups in total. The highest BCUT2D eigenvalue weighted by atomic mass is 16.6. The number of methoxy groups -OCH3 is 1. The van der Waals surface area contributed by atoms with E-state index in [1.165, 1.54) is 25.3 Å². The third-order valence-electron chi connectivity index (χ3n) is 4.49. The third-order valence-corrected chi connectivity index (χ3v) is 4.49. The highest BCUT2D eigenvalue weighted by molar-refractivity contribution is 6.03. The Morgan fingerprint density at radius 1 is 1.03 bits per heavy atom. The molecule has 0 bridgehead atoms. The highest BCUT2D eigenvalue weighted by Crippen LogP contribution is 2.29. The summed E-state index contributed by atoms with van der Waals surface area (Å²) < 4.78 is 6.58. The number of hydrogen-bond acceptors (Lipinski definition) is 6. The van der Waals surface area contributed by atoms with E-state index in [2.05, 4.69) is 15.4 Å². The van der Waals surface area contributed by atoms with Gasteiger partial charge in [0.2, 0.25) is 5.82 Å². The number of nitro benzene ring substituents is 1. The van der Waals surface area contributed by atoms with Crippen molar-refractivity contribution in [2.45, 2.75) is 0 Å². The van der Waals surface area contributed by atoms with Gasteiger partial charge < -0.3 is 10.1 Å². The van der Waals surface area contributed by atoms with Gasteiger partial charge in [0.1, 0.15) is 11.4 Å². The fourth-order valence-electron chi connectivity index (χ4n) is 3.00. The molecule has 0 saturated carbocycles. The minimum Gasteiger partial charge on any atom is -0.496 e. The van der Waals surface area contributed by atoms with Crippen LogP contribution in [-0.4, -0.2) is 32.7 Å². The van der Waals surface area contributed by atoms with E-state index in [1.807, 2.05) is 60.7 Å². The fraction of sp³-hybridized carbons (Fsp3) is 0.0455. The average Bonchev–Trinajstić information content (AvgIpc) is 3.26. The number of hydrogen-bond donors (Lipinski definition) is 1. The molecule has 0 saturated heterocycles. The first-order chi connectivity index (χ1) is 15.1. The maximum Gasteiger partial charge on any atom is 0.296 e. The second kappa shape index (κ2) is 8.46. The first kappa shape index (κ1) is 19.8. The van der Waals surface area contributed by atoms with E-state index in [-0.39, 0.29) is 17.2 Å². The van der Waals surface area contributed by atoms with Crippen LogP contribution in [0.5, 0.6) is 5.75 Å². The molecule has 1 heterocycles. The Bertz CT molecular complexity index is 1180. The van der Waals surface area contributed by atoms with Crippen LogP contribution < -0.4 is 10.1 Å². The van der Waals surface area contributed by atoms with Gasteiger partial charge in [0, 0.05) is 5.56 Å². The molecule has 3 aromatic carbocycles. The molecule has 9 nitrogen and oxygen atoms in total. The van der Waals surface area contributed by atoms with Gasteiger partial charge in [-0.15, -0.1) is 5.10 Å². The van der Waals surface area contributed by atoms with Crippen LogP contribution in [0.3, 0.4) is 0 Å². The summed E-state index contributed by atoms with van der Waals surface area (Å²) in [5.41, 5.74) is 1.23. The number of carbonyl (C=O) groups is 1. The Balaban J connectivity index is 1.73. The van der Waals surface area contributed by atoms with Crippen molar-refractivity contribution in [3.8, 4) is 22.8 Å². The number of benzene rings is 3. The molecule has 0 unspecified atom stereocenters. The Labute approximate surface area is 177 Å². The summed E-state index contributed by atoms with van der Waals surface area (Å²) in [6, 6.07) is 22.8. The topological polar surface area (TPSA) is 112 Å². The van der Waals surface area contributed by atoms with Gasteiger partial charge in [0.05, 0.1) is 23.8 Å². The number of aromatic nitrogens is 3. The largest absolute Gasteiger partial charge is 0.496 e. The van der Waals surface area contributed by atoms with Gasteiger partial charge in [-0.2, -0.15) is 0 Å². The summed E-state index contributed by atoms with van der Waals surface area (Å²) in [5.74, 6) is -0.00308. The van der Waals surface area contributed by atoms with E-state index in [0.717, 1.165) is 11.3 Å². The lowest BCUT2D eigenvalue weighted by molar-refractivity contribution is -0.384. The maximum absolute atomic E-state index is 12.9. The van der Waals surface area contributed by atoms with Crippen LogP contribution in [0.1, 0.15) is 10.6 Å². The van der Waals surface area contributed by atoms with Crippen molar-refractivity contribution in [1.82, 2.24) is 14.8 Å². The molecule has 0 spiro atoms. The number of nitro groups is 1. The zero-order valence-electron chi connectivity index (χ0n) is 16.4. The molecule has 9 heteroatoms. The molecule has 1 amide bonds. The molecule has 0 fully saturated rings. The van der Waals surface area contributed by atoms with Crippen molar-refractivity contribution >= 4 is 17.3 Å². The van der Waals surface area contributed by atoms with Crippen molar-refractivity contribution in [3.63, 3.8) is 0 Å². The van der Waals surface area contributed by atoms with Crippen LogP contribution >= 0.6 is 0 Å². The van der Waals surface area contributed by atoms with Crippen LogP contribution in [0.25, 0.3) is 17.1 Å². The molecule has 0 aliphatic rings. The smallest absolute Gasteiger partial charge is 0.296 e. The lowest BCUT2D eigenvalue weighted by atomic mass is 10.2. The zero-order chi connectivity index (χ0) is 21.8. The van der Waals surface area contributed by atoms with Crippen LogP contribution in [0.15, 0.2) is 78.9 Å². The molecule has 0 aliphatic carbocycles. The fourth-order valence-corrected chi connectivity index (χ4v) is 3.00. The number of nitrogens with zero attached hydrogens (tertiary/aromatic N) is 4. The highest BCUT2D eigenvalue weighted by Gasteiger charge is 2.22. The van der Waals surface area contributed by atoms with Gasteiger partial charge in [-0.3, -0.25) is 14.9 Å². The first-order valence-corrected chi connectivity index (χ1v) is 9.28. The van der Waals surface area contributed by atoms with Gasteiger partial charge in [0.15, 0.2) is 5.82 Å². The Hall–Kier alpha value is -4.53. The van der Waals surface area contributed by atoms with Crippen molar-refractivity contribution in [3.05, 3.63) is 94.8 Å². The standard InChI is InChI=1S/C22H17N5O4/c1-31-17-12-13-18(19(14-17)27(29)30)23-22(28)20-24-21(15-8-4-2-5-9-15)26(25-20)16-10-6-3-7-11-16/h2-14H,1H3,(H,23,28). The minimum atomic E-state index is -0.667. The molecule has 1 aromatic heterocycles. The van der Waals surface area contributed by atoms with Crippen LogP contribution in [0, 0.1) is 10.1 Å². The maximum atomic E-state index is 12.9. The first-order valence-electron chi connectivity index (χ1n) is 9.28. The van der Waals surface area contributed by atoms with Crippen molar-refractivity contribution in [2.24, 2.45) is 0 Å². The number of carbonyl (C=O) groups excluding carboxylic acids is 1. The molecule has 0 atom stereocenters. The number of para-hydroxylation sites is 1. The third kappa shape index (κ3) is 4.10. The molecule has 4 aromatic rings. The lowest BCUT2D eigenvalue weighted by Gasteiger charge is -2.06. The van der Waals surface area contributed by atoms with Gasteiger partial charge in [-0.1, -0.05) is 48.5 Å². The van der Waals surface area contributed by atoms with Crippen molar-refractivity contribution in [1.29, 1.82) is 0 Å². The van der Waals surface area contributed by atoms with E-state index in [0.29, 0.717) is 11.6 Å². The Kier molecular flexibility index (Phi) is 5.39. The summed E-state index contributed by atoms with van der Waals surface area (Å²) in [6.07, 6.45) is 0. The Morgan fingerprint density at radius 2 is 1.71 bits per heavy atom. The number of nitrogens with one attached hydrogen (secondary N) is 1. The monoisotopic (exact) mass is 415 g/mol. The summed E-state index contributed by atoms with van der Waals surface area (Å²) in [7, 11) is 1.41. The van der Waals surface area contributed by atoms with Gasteiger partial charge in [0.25, 0.3) is 11.6 Å². The van der Waals surface area contributed by atoms with Gasteiger partial charge in [-0.05, 0) is 24.3 Å². The molecule has 4 rings (SSSR count). The molecular weight excluding hydrogens is 398 g/mol. The molecule has 154 valence electrons. The number of rotatable bonds is 6. The van der Waals surface area contributed by atoms with E-state index in [9.17, 15) is 14.9 Å². The molecule has 0 aliphatic heterocycles. The van der Waals surface area contributed by atoms with Gasteiger partial charge >= 0.3 is 0 Å². The second-order valence-electron chi connectivity index (χ2n) is 6.47. The number of ether oxygens (including phenoxy) is 1. The van der Waals surface area contributed by atoms with Crippen LogP contribution in [-0.2, 0) is 0 Å². The quantitative estimate of drug-likeness (QED) is 0.375. The van der Waals surface area contributed by atoms with Gasteiger partial charge in [-0.25, -0.2) is 9.67 Å². The molecular formula is C22H17N5O4. The predicted molar refractivity (Wildman–Crippen MR) is 114 cm³/mol. The van der Waals surface area contributed by atoms with Crippen molar-refractivity contribution < 1.29 is 14.5 Å². The minimum absolute atomic E-state index is 0.0214. The normalized spacial score (nSPS) is 10.5. The summed E-state index contributed by atoms with van der Waals surface area (Å²) in [4.78, 5) is 28.1. The van der Waals surface area contributed by atoms with E-state index < -0.39 is 10.8 Å². The van der Waals surface area contributed by atoms with Crippen LogP contribution in [0.4, 0.5) is 11.4 Å². The number of anilines is 1. The average molecular weight is 415 g/mol. The summed E-state index contributed by atoms with van der Waals surface area (Å²) in [5, 5.41) is 18.3.